The fraction of sp³-hybridized carbons (Fsp3) is 0.222. The van der Waals surface area contributed by atoms with Crippen LogP contribution in [-0.4, -0.2) is 14.2 Å². The Labute approximate surface area is 71.6 Å². The number of hydrogen-bond donors (Lipinski definition) is 1. The van der Waals surface area contributed by atoms with Gasteiger partial charge in [0.2, 0.25) is 0 Å². The molecule has 0 aliphatic carbocycles. The third-order valence-electron chi connectivity index (χ3n) is 1.63. The minimum atomic E-state index is 0.544. The largest absolute Gasteiger partial charge is 0.495 e. The molecule has 0 bridgehead atoms. The number of nitrogens with one attached hydrogen (secondary N) is 1. The molecule has 3 heteroatoms. The molecule has 0 spiro atoms. The van der Waals surface area contributed by atoms with Gasteiger partial charge < -0.3 is 10.1 Å². The van der Waals surface area contributed by atoms with Gasteiger partial charge in [-0.05, 0) is 12.1 Å². The lowest BCUT2D eigenvalue weighted by Gasteiger charge is -2.06. The molecule has 0 aliphatic heterocycles. The van der Waals surface area contributed by atoms with E-state index in [1.807, 2.05) is 12.1 Å². The topological polar surface area (TPSA) is 45.0 Å². The molecule has 12 heavy (non-hydrogen) atoms. The second-order valence-electron chi connectivity index (χ2n) is 2.24. The fourth-order valence-electron chi connectivity index (χ4n) is 1.02. The number of nitriles is 1. The maximum absolute atomic E-state index is 8.79. The Bertz CT molecular complexity index is 293. The van der Waals surface area contributed by atoms with Gasteiger partial charge >= 0.3 is 0 Å². The van der Waals surface area contributed by atoms with E-state index >= 15 is 0 Å². The van der Waals surface area contributed by atoms with Crippen LogP contribution in [0.15, 0.2) is 18.2 Å². The number of anilines is 1. The Morgan fingerprint density at radius 3 is 2.75 bits per heavy atom. The summed E-state index contributed by atoms with van der Waals surface area (Å²) in [7, 11) is 3.32. The van der Waals surface area contributed by atoms with Gasteiger partial charge in [0.05, 0.1) is 12.8 Å². The molecule has 0 atom stereocenters. The van der Waals surface area contributed by atoms with Crippen molar-refractivity contribution in [3.63, 3.8) is 0 Å². The lowest BCUT2D eigenvalue weighted by molar-refractivity contribution is 0.413. The molecule has 0 heterocycles. The highest BCUT2D eigenvalue weighted by atomic mass is 16.5. The normalized spacial score (nSPS) is 8.75. The predicted octanol–water partition coefficient (Wildman–Crippen LogP) is 1.61. The van der Waals surface area contributed by atoms with Crippen LogP contribution in [0.3, 0.4) is 0 Å². The van der Waals surface area contributed by atoms with Crippen molar-refractivity contribution in [2.45, 2.75) is 0 Å². The van der Waals surface area contributed by atoms with Gasteiger partial charge in [0, 0.05) is 7.05 Å². The van der Waals surface area contributed by atoms with E-state index in [1.165, 1.54) is 0 Å². The van der Waals surface area contributed by atoms with E-state index in [0.717, 1.165) is 5.69 Å². The Morgan fingerprint density at radius 2 is 2.25 bits per heavy atom. The summed E-state index contributed by atoms with van der Waals surface area (Å²) in [5.74, 6) is 0.601. The lowest BCUT2D eigenvalue weighted by Crippen LogP contribution is -1.95. The smallest absolute Gasteiger partial charge is 0.138 e. The zero-order chi connectivity index (χ0) is 8.97. The first-order valence-electron chi connectivity index (χ1n) is 3.58. The number of hydrogen-bond acceptors (Lipinski definition) is 3. The van der Waals surface area contributed by atoms with Crippen LogP contribution in [-0.2, 0) is 0 Å². The van der Waals surface area contributed by atoms with Crippen molar-refractivity contribution in [3.8, 4) is 11.8 Å². The minimum absolute atomic E-state index is 0.544. The highest BCUT2D eigenvalue weighted by Gasteiger charge is 2.05. The second-order valence-corrected chi connectivity index (χ2v) is 2.24. The van der Waals surface area contributed by atoms with Crippen LogP contribution in [0.25, 0.3) is 0 Å². The monoisotopic (exact) mass is 162 g/mol. The van der Waals surface area contributed by atoms with Crippen LogP contribution in [0.4, 0.5) is 5.69 Å². The van der Waals surface area contributed by atoms with Gasteiger partial charge in [-0.25, -0.2) is 0 Å². The summed E-state index contributed by atoms with van der Waals surface area (Å²) in [4.78, 5) is 0. The summed E-state index contributed by atoms with van der Waals surface area (Å²) in [5, 5.41) is 11.7. The van der Waals surface area contributed by atoms with Crippen molar-refractivity contribution >= 4 is 5.69 Å². The van der Waals surface area contributed by atoms with Crippen LogP contribution in [0.5, 0.6) is 5.75 Å². The Kier molecular flexibility index (Phi) is 2.54. The Morgan fingerprint density at radius 1 is 1.50 bits per heavy atom. The first-order chi connectivity index (χ1) is 5.83. The Balaban J connectivity index is 3.25. The zero-order valence-electron chi connectivity index (χ0n) is 7.09. The van der Waals surface area contributed by atoms with Crippen molar-refractivity contribution in [3.05, 3.63) is 23.8 Å². The average molecular weight is 162 g/mol. The summed E-state index contributed by atoms with van der Waals surface area (Å²) in [6.45, 7) is 0. The van der Waals surface area contributed by atoms with Gasteiger partial charge in [-0.1, -0.05) is 6.07 Å². The molecule has 62 valence electrons. The average Bonchev–Trinajstić information content (AvgIpc) is 2.16. The summed E-state index contributed by atoms with van der Waals surface area (Å²) in [5.41, 5.74) is 1.33. The van der Waals surface area contributed by atoms with Crippen LogP contribution in [0.2, 0.25) is 0 Å². The van der Waals surface area contributed by atoms with Crippen LogP contribution >= 0.6 is 0 Å². The van der Waals surface area contributed by atoms with Crippen molar-refractivity contribution in [2.24, 2.45) is 0 Å². The molecule has 0 saturated heterocycles. The molecule has 0 radical (unpaired) electrons. The van der Waals surface area contributed by atoms with Gasteiger partial charge in [-0.15, -0.1) is 0 Å². The first-order valence-corrected chi connectivity index (χ1v) is 3.58. The summed E-state index contributed by atoms with van der Waals surface area (Å²) < 4.78 is 5.02. The van der Waals surface area contributed by atoms with Gasteiger partial charge in [0.1, 0.15) is 17.4 Å². The predicted molar refractivity (Wildman–Crippen MR) is 47.3 cm³/mol. The molecule has 0 amide bonds. The van der Waals surface area contributed by atoms with E-state index < -0.39 is 0 Å². The third-order valence-corrected chi connectivity index (χ3v) is 1.63. The molecule has 3 nitrogen and oxygen atoms in total. The quantitative estimate of drug-likeness (QED) is 0.718. The van der Waals surface area contributed by atoms with Crippen LogP contribution in [0, 0.1) is 11.3 Å². The number of ether oxygens (including phenoxy) is 1. The maximum Gasteiger partial charge on any atom is 0.138 e. The highest BCUT2D eigenvalue weighted by Crippen LogP contribution is 2.24. The number of nitrogens with zero attached hydrogens (tertiary/aromatic N) is 1. The van der Waals surface area contributed by atoms with Crippen LogP contribution in [0.1, 0.15) is 5.56 Å². The molecule has 1 aromatic carbocycles. The van der Waals surface area contributed by atoms with Crippen molar-refractivity contribution in [1.29, 1.82) is 5.26 Å². The molecule has 1 rings (SSSR count). The van der Waals surface area contributed by atoms with Gasteiger partial charge in [0.15, 0.2) is 0 Å². The SMILES string of the molecule is CNc1cccc(OC)c1C#N. The second kappa shape index (κ2) is 3.63. The van der Waals surface area contributed by atoms with Crippen LogP contribution < -0.4 is 10.1 Å². The van der Waals surface area contributed by atoms with Gasteiger partial charge in [-0.3, -0.25) is 0 Å². The maximum atomic E-state index is 8.79. The first kappa shape index (κ1) is 8.41. The molecule has 0 unspecified atom stereocenters. The van der Waals surface area contributed by atoms with Gasteiger partial charge in [0.25, 0.3) is 0 Å². The van der Waals surface area contributed by atoms with E-state index in [1.54, 1.807) is 20.2 Å². The highest BCUT2D eigenvalue weighted by molar-refractivity contribution is 5.63. The van der Waals surface area contributed by atoms with E-state index in [-0.39, 0.29) is 0 Å². The lowest BCUT2D eigenvalue weighted by atomic mass is 10.2. The van der Waals surface area contributed by atoms with Gasteiger partial charge in [-0.2, -0.15) is 5.26 Å². The minimum Gasteiger partial charge on any atom is -0.495 e. The van der Waals surface area contributed by atoms with E-state index in [0.29, 0.717) is 11.3 Å². The molecule has 0 aliphatic rings. The molecule has 0 saturated carbocycles. The number of benzene rings is 1. The Hall–Kier alpha value is -1.69. The number of rotatable bonds is 2. The molecule has 1 aromatic rings. The van der Waals surface area contributed by atoms with E-state index in [2.05, 4.69) is 11.4 Å². The number of methoxy groups -OCH3 is 1. The molecule has 0 fully saturated rings. The summed E-state index contributed by atoms with van der Waals surface area (Å²) >= 11 is 0. The fourth-order valence-corrected chi connectivity index (χ4v) is 1.02. The third kappa shape index (κ3) is 1.32. The van der Waals surface area contributed by atoms with Crippen molar-refractivity contribution < 1.29 is 4.74 Å². The zero-order valence-corrected chi connectivity index (χ0v) is 7.09. The molecular weight excluding hydrogens is 152 g/mol. The summed E-state index contributed by atoms with van der Waals surface area (Å²) in [6, 6.07) is 7.52. The molecular formula is C9H10N2O. The standard InChI is InChI=1S/C9H10N2O/c1-11-8-4-3-5-9(12-2)7(8)6-10/h3-5,11H,1-2H3. The van der Waals surface area contributed by atoms with Crippen molar-refractivity contribution in [2.75, 3.05) is 19.5 Å². The van der Waals surface area contributed by atoms with Crippen molar-refractivity contribution in [1.82, 2.24) is 0 Å². The van der Waals surface area contributed by atoms with E-state index in [4.69, 9.17) is 10.00 Å². The summed E-state index contributed by atoms with van der Waals surface area (Å²) in [6.07, 6.45) is 0. The molecule has 0 aromatic heterocycles. The molecule has 1 N–H and O–H groups in total. The van der Waals surface area contributed by atoms with E-state index in [9.17, 15) is 0 Å².